The number of methoxy groups -OCH3 is 2. The second kappa shape index (κ2) is 10.5. The fraction of sp³-hybridized carbons (Fsp3) is 0.625. The van der Waals surface area contributed by atoms with E-state index in [2.05, 4.69) is 12.2 Å². The van der Waals surface area contributed by atoms with Crippen molar-refractivity contribution in [3.8, 4) is 5.75 Å². The van der Waals surface area contributed by atoms with Gasteiger partial charge in [-0.15, -0.1) is 0 Å². The lowest BCUT2D eigenvalue weighted by atomic mass is 10.0. The van der Waals surface area contributed by atoms with Crippen LogP contribution < -0.4 is 10.1 Å². The van der Waals surface area contributed by atoms with E-state index >= 15 is 0 Å². The van der Waals surface area contributed by atoms with Crippen molar-refractivity contribution in [2.75, 3.05) is 40.6 Å². The van der Waals surface area contributed by atoms with Gasteiger partial charge in [-0.05, 0) is 37.6 Å². The Morgan fingerprint density at radius 1 is 1.19 bits per heavy atom. The molecule has 0 saturated carbocycles. The number of benzene rings is 1. The topological polar surface area (TPSA) is 39.7 Å². The van der Waals surface area contributed by atoms with E-state index < -0.39 is 0 Å². The molecule has 1 N–H and O–H groups in total. The SMILES string of the molecule is CCCNC(CCOCCOC)c1cc(F)ccc1OC. The molecule has 5 heteroatoms. The molecule has 0 spiro atoms. The van der Waals surface area contributed by atoms with Crippen molar-refractivity contribution in [1.82, 2.24) is 5.32 Å². The summed E-state index contributed by atoms with van der Waals surface area (Å²) in [6.07, 6.45) is 1.77. The third-order valence-corrected chi connectivity index (χ3v) is 3.19. The number of rotatable bonds is 11. The summed E-state index contributed by atoms with van der Waals surface area (Å²) in [6.45, 7) is 4.70. The minimum absolute atomic E-state index is 0.0122. The maximum Gasteiger partial charge on any atom is 0.123 e. The lowest BCUT2D eigenvalue weighted by Crippen LogP contribution is -2.24. The Morgan fingerprint density at radius 2 is 2.00 bits per heavy atom. The summed E-state index contributed by atoms with van der Waals surface area (Å²) >= 11 is 0. The molecule has 4 nitrogen and oxygen atoms in total. The van der Waals surface area contributed by atoms with Crippen molar-refractivity contribution >= 4 is 0 Å². The number of halogens is 1. The number of ether oxygens (including phenoxy) is 3. The molecule has 120 valence electrons. The van der Waals surface area contributed by atoms with Crippen molar-refractivity contribution < 1.29 is 18.6 Å². The van der Waals surface area contributed by atoms with Crippen LogP contribution in [-0.2, 0) is 9.47 Å². The molecule has 0 aromatic heterocycles. The second-order valence-corrected chi connectivity index (χ2v) is 4.79. The maximum absolute atomic E-state index is 13.5. The van der Waals surface area contributed by atoms with E-state index in [4.69, 9.17) is 14.2 Å². The van der Waals surface area contributed by atoms with E-state index in [1.165, 1.54) is 12.1 Å². The van der Waals surface area contributed by atoms with Crippen LogP contribution >= 0.6 is 0 Å². The highest BCUT2D eigenvalue weighted by molar-refractivity contribution is 5.36. The van der Waals surface area contributed by atoms with Crippen LogP contribution in [0.5, 0.6) is 5.75 Å². The van der Waals surface area contributed by atoms with Crippen LogP contribution in [0.3, 0.4) is 0 Å². The van der Waals surface area contributed by atoms with Crippen molar-refractivity contribution in [1.29, 1.82) is 0 Å². The minimum Gasteiger partial charge on any atom is -0.496 e. The van der Waals surface area contributed by atoms with Gasteiger partial charge >= 0.3 is 0 Å². The van der Waals surface area contributed by atoms with Crippen LogP contribution in [0, 0.1) is 5.82 Å². The number of hydrogen-bond donors (Lipinski definition) is 1. The Bertz CT molecular complexity index is 401. The zero-order chi connectivity index (χ0) is 15.5. The van der Waals surface area contributed by atoms with E-state index in [1.54, 1.807) is 20.3 Å². The zero-order valence-corrected chi connectivity index (χ0v) is 13.2. The van der Waals surface area contributed by atoms with Gasteiger partial charge < -0.3 is 19.5 Å². The molecule has 1 rings (SSSR count). The fourth-order valence-electron chi connectivity index (χ4n) is 2.11. The molecule has 0 amide bonds. The first-order valence-electron chi connectivity index (χ1n) is 7.36. The van der Waals surface area contributed by atoms with Gasteiger partial charge in [-0.2, -0.15) is 0 Å². The van der Waals surface area contributed by atoms with Gasteiger partial charge in [0.2, 0.25) is 0 Å². The van der Waals surface area contributed by atoms with Gasteiger partial charge in [0, 0.05) is 25.3 Å². The van der Waals surface area contributed by atoms with Crippen molar-refractivity contribution in [3.05, 3.63) is 29.6 Å². The molecule has 1 aromatic carbocycles. The summed E-state index contributed by atoms with van der Waals surface area (Å²) in [4.78, 5) is 0. The first-order chi connectivity index (χ1) is 10.2. The summed E-state index contributed by atoms with van der Waals surface area (Å²) in [7, 11) is 3.25. The Hall–Kier alpha value is -1.17. The largest absolute Gasteiger partial charge is 0.496 e. The summed E-state index contributed by atoms with van der Waals surface area (Å²) in [5, 5.41) is 3.42. The highest BCUT2D eigenvalue weighted by Crippen LogP contribution is 2.28. The van der Waals surface area contributed by atoms with Gasteiger partial charge in [-0.25, -0.2) is 4.39 Å². The lowest BCUT2D eigenvalue weighted by Gasteiger charge is -2.21. The predicted octanol–water partition coefficient (Wildman–Crippen LogP) is 2.93. The Labute approximate surface area is 126 Å². The van der Waals surface area contributed by atoms with Gasteiger partial charge in [0.25, 0.3) is 0 Å². The van der Waals surface area contributed by atoms with E-state index in [9.17, 15) is 4.39 Å². The predicted molar refractivity (Wildman–Crippen MR) is 81.3 cm³/mol. The van der Waals surface area contributed by atoms with Crippen LogP contribution in [0.25, 0.3) is 0 Å². The third kappa shape index (κ3) is 6.42. The molecule has 1 unspecified atom stereocenters. The Morgan fingerprint density at radius 3 is 2.67 bits per heavy atom. The van der Waals surface area contributed by atoms with Crippen molar-refractivity contribution in [3.63, 3.8) is 0 Å². The highest BCUT2D eigenvalue weighted by atomic mass is 19.1. The zero-order valence-electron chi connectivity index (χ0n) is 13.2. The molecule has 1 atom stereocenters. The van der Waals surface area contributed by atoms with E-state index in [1.807, 2.05) is 0 Å². The molecule has 0 aliphatic carbocycles. The Balaban J connectivity index is 2.69. The normalized spacial score (nSPS) is 12.4. The van der Waals surface area contributed by atoms with Gasteiger partial charge in [0.15, 0.2) is 0 Å². The first-order valence-corrected chi connectivity index (χ1v) is 7.36. The van der Waals surface area contributed by atoms with Crippen LogP contribution in [-0.4, -0.2) is 40.6 Å². The van der Waals surface area contributed by atoms with Crippen LogP contribution in [0.4, 0.5) is 4.39 Å². The van der Waals surface area contributed by atoms with Gasteiger partial charge in [-0.1, -0.05) is 6.92 Å². The van der Waals surface area contributed by atoms with Gasteiger partial charge in [-0.3, -0.25) is 0 Å². The van der Waals surface area contributed by atoms with E-state index in [0.29, 0.717) is 25.6 Å². The average molecular weight is 299 g/mol. The third-order valence-electron chi connectivity index (χ3n) is 3.19. The molecule has 0 radical (unpaired) electrons. The van der Waals surface area contributed by atoms with Gasteiger partial charge in [0.05, 0.1) is 20.3 Å². The second-order valence-electron chi connectivity index (χ2n) is 4.79. The summed E-state index contributed by atoms with van der Waals surface area (Å²) in [5.41, 5.74) is 0.835. The van der Waals surface area contributed by atoms with Crippen LogP contribution in [0.2, 0.25) is 0 Å². The summed E-state index contributed by atoms with van der Waals surface area (Å²) in [6, 6.07) is 4.62. The van der Waals surface area contributed by atoms with Gasteiger partial charge in [0.1, 0.15) is 11.6 Å². The standard InChI is InChI=1S/C16H26FNO3/c1-4-8-18-15(7-9-21-11-10-19-2)14-12-13(17)5-6-16(14)20-3/h5-6,12,15,18H,4,7-11H2,1-3H3. The van der Waals surface area contributed by atoms with Crippen molar-refractivity contribution in [2.45, 2.75) is 25.8 Å². The van der Waals surface area contributed by atoms with Crippen molar-refractivity contribution in [2.24, 2.45) is 0 Å². The highest BCUT2D eigenvalue weighted by Gasteiger charge is 2.16. The number of nitrogens with one attached hydrogen (secondary N) is 1. The number of hydrogen-bond acceptors (Lipinski definition) is 4. The molecular formula is C16H26FNO3. The van der Waals surface area contributed by atoms with E-state index in [-0.39, 0.29) is 11.9 Å². The quantitative estimate of drug-likeness (QED) is 0.638. The molecule has 0 saturated heterocycles. The summed E-state index contributed by atoms with van der Waals surface area (Å²) < 4.78 is 29.3. The Kier molecular flexibility index (Phi) is 8.98. The molecule has 0 aliphatic heterocycles. The maximum atomic E-state index is 13.5. The smallest absolute Gasteiger partial charge is 0.123 e. The molecule has 0 fully saturated rings. The molecule has 1 aromatic rings. The monoisotopic (exact) mass is 299 g/mol. The molecule has 21 heavy (non-hydrogen) atoms. The minimum atomic E-state index is -0.255. The summed E-state index contributed by atoms with van der Waals surface area (Å²) in [5.74, 6) is 0.441. The molecular weight excluding hydrogens is 273 g/mol. The van der Waals surface area contributed by atoms with Crippen LogP contribution in [0.1, 0.15) is 31.4 Å². The molecule has 0 heterocycles. The first kappa shape index (κ1) is 17.9. The van der Waals surface area contributed by atoms with E-state index in [0.717, 1.165) is 24.9 Å². The molecule has 0 bridgehead atoms. The fourth-order valence-corrected chi connectivity index (χ4v) is 2.11. The van der Waals surface area contributed by atoms with Crippen LogP contribution in [0.15, 0.2) is 18.2 Å². The average Bonchev–Trinajstić information content (AvgIpc) is 2.50. The lowest BCUT2D eigenvalue weighted by molar-refractivity contribution is 0.0656. The molecule has 0 aliphatic rings.